The number of azo groups is 2. The Morgan fingerprint density at radius 1 is 1.27 bits per heavy atom. The largest absolute Gasteiger partial charge is 0.180 e. The van der Waals surface area contributed by atoms with Crippen molar-refractivity contribution < 1.29 is 4.70 Å². The van der Waals surface area contributed by atoms with Gasteiger partial charge in [0.05, 0.1) is 0 Å². The van der Waals surface area contributed by atoms with Crippen LogP contribution in [-0.2, 0) is 0 Å². The van der Waals surface area contributed by atoms with Crippen LogP contribution in [0.1, 0.15) is 40.0 Å². The first-order chi connectivity index (χ1) is 5.07. The molecule has 2 heteroatoms. The van der Waals surface area contributed by atoms with Gasteiger partial charge in [0.2, 0.25) is 0 Å². The first kappa shape index (κ1) is 7.26. The summed E-state index contributed by atoms with van der Waals surface area (Å²) in [6.45, 7) is 6.74. The van der Waals surface area contributed by atoms with Crippen LogP contribution in [0, 0.1) is 0 Å². The molecule has 1 aliphatic carbocycles. The second-order valence-electron chi connectivity index (χ2n) is 4.75. The highest BCUT2D eigenvalue weighted by molar-refractivity contribution is 4.83. The van der Waals surface area contributed by atoms with Gasteiger partial charge >= 0.3 is 0 Å². The van der Waals surface area contributed by atoms with E-state index in [0.29, 0.717) is 6.04 Å². The third-order valence-corrected chi connectivity index (χ3v) is 2.70. The van der Waals surface area contributed by atoms with Gasteiger partial charge in [-0.1, -0.05) is 0 Å². The molecule has 1 saturated carbocycles. The summed E-state index contributed by atoms with van der Waals surface area (Å²) in [6.07, 6.45) is 4.01. The average Bonchev–Trinajstić information content (AvgIpc) is 2.42. The molecule has 2 aliphatic rings. The normalized spacial score (nSPS) is 36.1. The van der Waals surface area contributed by atoms with E-state index in [1.165, 1.54) is 19.3 Å². The summed E-state index contributed by atoms with van der Waals surface area (Å²) in [5.74, 6) is 0. The molecule has 0 N–H and O–H groups in total. The van der Waals surface area contributed by atoms with Gasteiger partial charge in [-0.15, -0.1) is 4.70 Å². The molecule has 0 spiro atoms. The number of nitrogens with zero attached hydrogens (tertiary/aromatic N) is 2. The van der Waals surface area contributed by atoms with E-state index in [9.17, 15) is 0 Å². The Labute approximate surface area is 68.3 Å². The second kappa shape index (κ2) is 2.05. The van der Waals surface area contributed by atoms with Gasteiger partial charge in [0, 0.05) is 33.6 Å². The van der Waals surface area contributed by atoms with E-state index in [-0.39, 0.29) is 5.54 Å². The van der Waals surface area contributed by atoms with Crippen LogP contribution < -0.4 is 0 Å². The minimum Gasteiger partial charge on any atom is -0.120 e. The van der Waals surface area contributed by atoms with Crippen LogP contribution in [0.2, 0.25) is 0 Å². The lowest BCUT2D eigenvalue weighted by Gasteiger charge is -2.18. The summed E-state index contributed by atoms with van der Waals surface area (Å²) < 4.78 is 2.32. The van der Waals surface area contributed by atoms with Crippen LogP contribution in [0.4, 0.5) is 0 Å². The van der Waals surface area contributed by atoms with Crippen LogP contribution >= 0.6 is 0 Å². The maximum absolute atomic E-state index is 4.66. The first-order valence-electron chi connectivity index (χ1n) is 4.57. The molecular formula is C9H17N2+. The monoisotopic (exact) mass is 153 g/mol. The standard InChI is InChI=1S/C9H17N2/c1-9(2,3)11-8-5-4-7(6-8)10-11/h7-8H,4-6H2,1-3H3/q+1/t7-,8+/m1/s1. The molecule has 2 rings (SSSR count). The van der Waals surface area contributed by atoms with E-state index in [4.69, 9.17) is 0 Å². The van der Waals surface area contributed by atoms with Crippen molar-refractivity contribution in [1.82, 2.24) is 0 Å². The Kier molecular flexibility index (Phi) is 1.35. The van der Waals surface area contributed by atoms with Crippen molar-refractivity contribution in [3.8, 4) is 0 Å². The van der Waals surface area contributed by atoms with Gasteiger partial charge < -0.3 is 0 Å². The molecule has 1 fully saturated rings. The van der Waals surface area contributed by atoms with Gasteiger partial charge in [-0.3, -0.25) is 0 Å². The van der Waals surface area contributed by atoms with E-state index in [2.05, 4.69) is 30.6 Å². The van der Waals surface area contributed by atoms with E-state index < -0.39 is 0 Å². The molecule has 0 aromatic rings. The van der Waals surface area contributed by atoms with Crippen LogP contribution in [0.5, 0.6) is 0 Å². The zero-order valence-electron chi connectivity index (χ0n) is 7.67. The molecule has 2 nitrogen and oxygen atoms in total. The van der Waals surface area contributed by atoms with Crippen molar-refractivity contribution >= 4 is 0 Å². The Morgan fingerprint density at radius 2 is 2.00 bits per heavy atom. The van der Waals surface area contributed by atoms with Crippen LogP contribution in [0.25, 0.3) is 0 Å². The topological polar surface area (TPSA) is 15.4 Å². The molecule has 2 bridgehead atoms. The van der Waals surface area contributed by atoms with Gasteiger partial charge in [-0.05, 0) is 11.5 Å². The van der Waals surface area contributed by atoms with Crippen molar-refractivity contribution in [3.05, 3.63) is 0 Å². The quantitative estimate of drug-likeness (QED) is 0.474. The zero-order valence-corrected chi connectivity index (χ0v) is 7.67. The predicted octanol–water partition coefficient (Wildman–Crippen LogP) is 2.18. The fraction of sp³-hybridized carbons (Fsp3) is 1.00. The van der Waals surface area contributed by atoms with E-state index in [1.807, 2.05) is 0 Å². The van der Waals surface area contributed by atoms with Crippen molar-refractivity contribution in [1.29, 1.82) is 0 Å². The van der Waals surface area contributed by atoms with E-state index in [1.54, 1.807) is 0 Å². The minimum absolute atomic E-state index is 0.250. The maximum atomic E-state index is 4.66. The Balaban J connectivity index is 2.23. The fourth-order valence-corrected chi connectivity index (χ4v) is 2.25. The predicted molar refractivity (Wildman–Crippen MR) is 43.9 cm³/mol. The van der Waals surface area contributed by atoms with Gasteiger partial charge in [-0.25, -0.2) is 0 Å². The summed E-state index contributed by atoms with van der Waals surface area (Å²) in [7, 11) is 0. The Bertz CT molecular complexity index is 200. The summed E-state index contributed by atoms with van der Waals surface area (Å²) >= 11 is 0. The third-order valence-electron chi connectivity index (χ3n) is 2.70. The van der Waals surface area contributed by atoms with Crippen LogP contribution in [0.15, 0.2) is 5.11 Å². The molecule has 0 radical (unpaired) electrons. The number of rotatable bonds is 0. The smallest absolute Gasteiger partial charge is 0.120 e. The molecule has 0 amide bonds. The molecule has 0 unspecified atom stereocenters. The summed E-state index contributed by atoms with van der Waals surface area (Å²) in [6, 6.07) is 1.43. The summed E-state index contributed by atoms with van der Waals surface area (Å²) in [5.41, 5.74) is 0.250. The lowest BCUT2D eigenvalue weighted by molar-refractivity contribution is -0.678. The average molecular weight is 153 g/mol. The number of fused-ring (bicyclic) bond motifs is 2. The molecule has 0 aromatic carbocycles. The zero-order chi connectivity index (χ0) is 8.06. The van der Waals surface area contributed by atoms with E-state index in [0.717, 1.165) is 6.04 Å². The fourth-order valence-electron chi connectivity index (χ4n) is 2.25. The molecule has 62 valence electrons. The highest BCUT2D eigenvalue weighted by Gasteiger charge is 2.46. The Morgan fingerprint density at radius 3 is 2.27 bits per heavy atom. The van der Waals surface area contributed by atoms with E-state index >= 15 is 0 Å². The third kappa shape index (κ3) is 1.09. The van der Waals surface area contributed by atoms with Crippen molar-refractivity contribution in [2.45, 2.75) is 57.7 Å². The SMILES string of the molecule is CC(C)(C)[N+]1=N[C@@H]2CC[C@H]1C2. The van der Waals surface area contributed by atoms with Crippen molar-refractivity contribution in [2.24, 2.45) is 5.11 Å². The van der Waals surface area contributed by atoms with Crippen molar-refractivity contribution in [3.63, 3.8) is 0 Å². The lowest BCUT2D eigenvalue weighted by Crippen LogP contribution is -2.36. The highest BCUT2D eigenvalue weighted by atomic mass is 15.4. The Hall–Kier alpha value is -0.400. The maximum Gasteiger partial charge on any atom is 0.180 e. The van der Waals surface area contributed by atoms with Gasteiger partial charge in [0.15, 0.2) is 11.6 Å². The molecular weight excluding hydrogens is 136 g/mol. The first-order valence-corrected chi connectivity index (χ1v) is 4.57. The van der Waals surface area contributed by atoms with Gasteiger partial charge in [0.25, 0.3) is 0 Å². The summed E-state index contributed by atoms with van der Waals surface area (Å²) in [5, 5.41) is 4.66. The van der Waals surface area contributed by atoms with Gasteiger partial charge in [0.1, 0.15) is 6.04 Å². The summed E-state index contributed by atoms with van der Waals surface area (Å²) in [4.78, 5) is 0. The number of hydrogen-bond acceptors (Lipinski definition) is 1. The van der Waals surface area contributed by atoms with Crippen LogP contribution in [-0.4, -0.2) is 22.3 Å². The molecule has 1 heterocycles. The van der Waals surface area contributed by atoms with Crippen molar-refractivity contribution in [2.75, 3.05) is 0 Å². The molecule has 2 atom stereocenters. The minimum atomic E-state index is 0.250. The number of hydrogen-bond donors (Lipinski definition) is 0. The molecule has 0 aromatic heterocycles. The second-order valence-corrected chi connectivity index (χ2v) is 4.75. The van der Waals surface area contributed by atoms with Crippen LogP contribution in [0.3, 0.4) is 0 Å². The highest BCUT2D eigenvalue weighted by Crippen LogP contribution is 2.34. The molecule has 1 aliphatic heterocycles. The van der Waals surface area contributed by atoms with Gasteiger partial charge in [-0.2, -0.15) is 0 Å². The molecule has 0 saturated heterocycles. The lowest BCUT2D eigenvalue weighted by atomic mass is 10.1. The molecule has 11 heavy (non-hydrogen) atoms.